The van der Waals surface area contributed by atoms with E-state index in [0.29, 0.717) is 58.0 Å². The summed E-state index contributed by atoms with van der Waals surface area (Å²) >= 11 is 0. The highest BCUT2D eigenvalue weighted by Gasteiger charge is 2.26. The molecule has 1 heterocycles. The van der Waals surface area contributed by atoms with Crippen molar-refractivity contribution in [2.24, 2.45) is 5.92 Å². The van der Waals surface area contributed by atoms with Gasteiger partial charge in [-0.15, -0.1) is 0 Å². The van der Waals surface area contributed by atoms with E-state index < -0.39 is 0 Å². The molecule has 1 fully saturated rings. The molecule has 1 saturated heterocycles. The Bertz CT molecular complexity index is 657. The molecule has 0 spiro atoms. The van der Waals surface area contributed by atoms with Crippen molar-refractivity contribution < 1.29 is 23.5 Å². The van der Waals surface area contributed by atoms with Crippen LogP contribution in [0.4, 0.5) is 4.39 Å². The average Bonchev–Trinajstić information content (AvgIpc) is 2.69. The quantitative estimate of drug-likeness (QED) is 0.528. The van der Waals surface area contributed by atoms with Gasteiger partial charge >= 0.3 is 0 Å². The van der Waals surface area contributed by atoms with Gasteiger partial charge in [0.25, 0.3) is 0 Å². The molecule has 2 amide bonds. The standard InChI is InChI=1S/C20H27FN2O4/c1-3-19(24)23-9-6-16(7-10-23)20(25)22-8-11-26-12-13-27-18-14-17(21)5-4-15(18)2/h3-5,14,16H,1,6-13H2,2H3,(H,22,25). The number of benzene rings is 1. The maximum Gasteiger partial charge on any atom is 0.245 e. The highest BCUT2D eigenvalue weighted by molar-refractivity contribution is 5.87. The Morgan fingerprint density at radius 1 is 1.30 bits per heavy atom. The second-order valence-corrected chi connectivity index (χ2v) is 6.47. The van der Waals surface area contributed by atoms with E-state index in [1.54, 1.807) is 11.0 Å². The minimum Gasteiger partial charge on any atom is -0.491 e. The third-order valence-corrected chi connectivity index (χ3v) is 4.53. The van der Waals surface area contributed by atoms with E-state index in [4.69, 9.17) is 9.47 Å². The van der Waals surface area contributed by atoms with E-state index in [2.05, 4.69) is 11.9 Å². The van der Waals surface area contributed by atoms with Gasteiger partial charge in [-0.3, -0.25) is 9.59 Å². The van der Waals surface area contributed by atoms with Crippen LogP contribution in [0.2, 0.25) is 0 Å². The van der Waals surface area contributed by atoms with Crippen molar-refractivity contribution in [2.75, 3.05) is 39.5 Å². The van der Waals surface area contributed by atoms with Crippen molar-refractivity contribution >= 4 is 11.8 Å². The van der Waals surface area contributed by atoms with Gasteiger partial charge in [0.05, 0.1) is 13.2 Å². The van der Waals surface area contributed by atoms with Gasteiger partial charge in [0, 0.05) is 31.6 Å². The fourth-order valence-corrected chi connectivity index (χ4v) is 2.92. The summed E-state index contributed by atoms with van der Waals surface area (Å²) < 4.78 is 24.1. The van der Waals surface area contributed by atoms with Gasteiger partial charge in [-0.25, -0.2) is 4.39 Å². The molecule has 1 aliphatic rings. The average molecular weight is 378 g/mol. The minimum atomic E-state index is -0.334. The predicted molar refractivity (Wildman–Crippen MR) is 100.0 cm³/mol. The topological polar surface area (TPSA) is 67.9 Å². The Hall–Kier alpha value is -2.41. The zero-order valence-electron chi connectivity index (χ0n) is 15.7. The number of nitrogens with zero attached hydrogens (tertiary/aromatic N) is 1. The smallest absolute Gasteiger partial charge is 0.245 e. The maximum absolute atomic E-state index is 13.2. The first-order valence-electron chi connectivity index (χ1n) is 9.17. The first-order chi connectivity index (χ1) is 13.0. The van der Waals surface area contributed by atoms with Gasteiger partial charge in [-0.1, -0.05) is 12.6 Å². The number of nitrogens with one attached hydrogen (secondary N) is 1. The van der Waals surface area contributed by atoms with E-state index in [1.807, 2.05) is 6.92 Å². The van der Waals surface area contributed by atoms with Crippen molar-refractivity contribution in [1.29, 1.82) is 0 Å². The summed E-state index contributed by atoms with van der Waals surface area (Å²) in [5, 5.41) is 2.86. The van der Waals surface area contributed by atoms with Crippen LogP contribution in [0.1, 0.15) is 18.4 Å². The molecule has 1 aromatic rings. The predicted octanol–water partition coefficient (Wildman–Crippen LogP) is 2.07. The highest BCUT2D eigenvalue weighted by atomic mass is 19.1. The summed E-state index contributed by atoms with van der Waals surface area (Å²) in [6.45, 7) is 7.95. The monoisotopic (exact) mass is 378 g/mol. The molecule has 1 aromatic carbocycles. The van der Waals surface area contributed by atoms with Gasteiger partial charge in [0.15, 0.2) is 0 Å². The van der Waals surface area contributed by atoms with Crippen LogP contribution in [-0.2, 0) is 14.3 Å². The number of ether oxygens (including phenoxy) is 2. The minimum absolute atomic E-state index is 0.00376. The molecule has 6 nitrogen and oxygen atoms in total. The van der Waals surface area contributed by atoms with E-state index >= 15 is 0 Å². The number of halogens is 1. The second kappa shape index (κ2) is 10.7. The zero-order valence-corrected chi connectivity index (χ0v) is 15.7. The van der Waals surface area contributed by atoms with E-state index in [-0.39, 0.29) is 23.5 Å². The van der Waals surface area contributed by atoms with Crippen LogP contribution in [0.5, 0.6) is 5.75 Å². The lowest BCUT2D eigenvalue weighted by Crippen LogP contribution is -2.43. The lowest BCUT2D eigenvalue weighted by Gasteiger charge is -2.30. The third-order valence-electron chi connectivity index (χ3n) is 4.53. The molecule has 2 rings (SSSR count). The van der Waals surface area contributed by atoms with Crippen LogP contribution in [-0.4, -0.2) is 56.2 Å². The van der Waals surface area contributed by atoms with Gasteiger partial charge in [0.2, 0.25) is 11.8 Å². The summed E-state index contributed by atoms with van der Waals surface area (Å²) in [5.74, 6) is 0.0131. The van der Waals surface area contributed by atoms with Crippen molar-refractivity contribution in [1.82, 2.24) is 10.2 Å². The van der Waals surface area contributed by atoms with Crippen molar-refractivity contribution in [3.63, 3.8) is 0 Å². The number of rotatable bonds is 9. The van der Waals surface area contributed by atoms with Gasteiger partial charge in [0.1, 0.15) is 18.2 Å². The molecular weight excluding hydrogens is 351 g/mol. The second-order valence-electron chi connectivity index (χ2n) is 6.47. The van der Waals surface area contributed by atoms with Crippen LogP contribution in [0.15, 0.2) is 30.9 Å². The zero-order chi connectivity index (χ0) is 19.6. The first-order valence-corrected chi connectivity index (χ1v) is 9.17. The van der Waals surface area contributed by atoms with Crippen molar-refractivity contribution in [2.45, 2.75) is 19.8 Å². The normalized spacial score (nSPS) is 14.7. The molecule has 0 bridgehead atoms. The molecule has 148 valence electrons. The van der Waals surface area contributed by atoms with Crippen LogP contribution >= 0.6 is 0 Å². The molecule has 7 heteroatoms. The number of amides is 2. The fraction of sp³-hybridized carbons (Fsp3) is 0.500. The molecular formula is C20H27FN2O4. The number of hydrogen-bond acceptors (Lipinski definition) is 4. The Balaban J connectivity index is 1.54. The SMILES string of the molecule is C=CC(=O)N1CCC(C(=O)NCCOCCOc2cc(F)ccc2C)CC1. The summed E-state index contributed by atoms with van der Waals surface area (Å²) in [7, 11) is 0. The van der Waals surface area contributed by atoms with E-state index in [0.717, 1.165) is 5.56 Å². The number of likely N-dealkylation sites (tertiary alicyclic amines) is 1. The Morgan fingerprint density at radius 3 is 2.74 bits per heavy atom. The van der Waals surface area contributed by atoms with Gasteiger partial charge in [-0.05, 0) is 37.5 Å². The lowest BCUT2D eigenvalue weighted by atomic mass is 9.96. The Kier molecular flexibility index (Phi) is 8.26. The van der Waals surface area contributed by atoms with Crippen LogP contribution in [0.25, 0.3) is 0 Å². The van der Waals surface area contributed by atoms with Crippen LogP contribution < -0.4 is 10.1 Å². The number of carbonyl (C=O) groups is 2. The summed E-state index contributed by atoms with van der Waals surface area (Å²) in [5.41, 5.74) is 0.865. The largest absolute Gasteiger partial charge is 0.491 e. The van der Waals surface area contributed by atoms with Crippen LogP contribution in [0.3, 0.4) is 0 Å². The first kappa shape index (κ1) is 20.9. The summed E-state index contributed by atoms with van der Waals surface area (Å²) in [6, 6.07) is 4.41. The molecule has 1 N–H and O–H groups in total. The molecule has 0 unspecified atom stereocenters. The number of carbonyl (C=O) groups excluding carboxylic acids is 2. The number of piperidine rings is 1. The molecule has 0 radical (unpaired) electrons. The molecule has 27 heavy (non-hydrogen) atoms. The third kappa shape index (κ3) is 6.67. The molecule has 0 aliphatic carbocycles. The molecule has 1 aliphatic heterocycles. The molecule has 0 saturated carbocycles. The summed E-state index contributed by atoms with van der Waals surface area (Å²) in [4.78, 5) is 25.4. The van der Waals surface area contributed by atoms with Gasteiger partial charge < -0.3 is 19.7 Å². The van der Waals surface area contributed by atoms with E-state index in [1.165, 1.54) is 18.2 Å². The fourth-order valence-electron chi connectivity index (χ4n) is 2.92. The highest BCUT2D eigenvalue weighted by Crippen LogP contribution is 2.19. The van der Waals surface area contributed by atoms with Gasteiger partial charge in [-0.2, -0.15) is 0 Å². The number of hydrogen-bond donors (Lipinski definition) is 1. The van der Waals surface area contributed by atoms with Crippen LogP contribution in [0, 0.1) is 18.7 Å². The lowest BCUT2D eigenvalue weighted by molar-refractivity contribution is -0.132. The van der Waals surface area contributed by atoms with E-state index in [9.17, 15) is 14.0 Å². The number of aryl methyl sites for hydroxylation is 1. The molecule has 0 aromatic heterocycles. The summed E-state index contributed by atoms with van der Waals surface area (Å²) in [6.07, 6.45) is 2.62. The van der Waals surface area contributed by atoms with Crippen molar-refractivity contribution in [3.8, 4) is 5.75 Å². The Morgan fingerprint density at radius 2 is 2.04 bits per heavy atom. The molecule has 0 atom stereocenters. The van der Waals surface area contributed by atoms with Crippen molar-refractivity contribution in [3.05, 3.63) is 42.2 Å². The Labute approximate surface area is 159 Å². The maximum atomic E-state index is 13.2.